The Morgan fingerprint density at radius 3 is 2.58 bits per heavy atom. The molecule has 3 aromatic rings. The molecule has 5 N–H and O–H groups in total. The lowest BCUT2D eigenvalue weighted by atomic mass is 10.1. The third kappa shape index (κ3) is 2.39. The third-order valence-electron chi connectivity index (χ3n) is 4.45. The van der Waals surface area contributed by atoms with Crippen LogP contribution in [0.5, 0.6) is 0 Å². The minimum Gasteiger partial charge on any atom is -0.394 e. The SMILES string of the molecule is Nc1c2ncn(C3O[C@H](CO)[C@@H](O)[C@H]3O)c2nc(=O)n1-c1ccccc1. The first kappa shape index (κ1) is 16.7. The van der Waals surface area contributed by atoms with Crippen molar-refractivity contribution in [3.05, 3.63) is 47.1 Å². The molecule has 0 saturated carbocycles. The highest BCUT2D eigenvalue weighted by Crippen LogP contribution is 2.32. The molecule has 2 aromatic heterocycles. The minimum atomic E-state index is -1.32. The van der Waals surface area contributed by atoms with E-state index in [9.17, 15) is 20.1 Å². The number of fused-ring (bicyclic) bond motifs is 1. The summed E-state index contributed by atoms with van der Waals surface area (Å²) in [4.78, 5) is 20.7. The second-order valence-corrected chi connectivity index (χ2v) is 6.00. The lowest BCUT2D eigenvalue weighted by molar-refractivity contribution is -0.0511. The van der Waals surface area contributed by atoms with Gasteiger partial charge in [0.15, 0.2) is 11.9 Å². The number of aromatic nitrogens is 4. The number of hydrogen-bond acceptors (Lipinski definition) is 8. The number of rotatable bonds is 3. The number of nitrogens with two attached hydrogens (primary N) is 1. The van der Waals surface area contributed by atoms with Gasteiger partial charge in [-0.1, -0.05) is 18.2 Å². The summed E-state index contributed by atoms with van der Waals surface area (Å²) < 4.78 is 8.02. The van der Waals surface area contributed by atoms with Crippen LogP contribution in [-0.2, 0) is 4.74 Å². The Morgan fingerprint density at radius 2 is 1.92 bits per heavy atom. The molecule has 10 heteroatoms. The van der Waals surface area contributed by atoms with Gasteiger partial charge >= 0.3 is 5.69 Å². The summed E-state index contributed by atoms with van der Waals surface area (Å²) >= 11 is 0. The fraction of sp³-hybridized carbons (Fsp3) is 0.312. The van der Waals surface area contributed by atoms with Crippen molar-refractivity contribution in [3.8, 4) is 5.69 Å². The van der Waals surface area contributed by atoms with Gasteiger partial charge in [-0.15, -0.1) is 0 Å². The van der Waals surface area contributed by atoms with Crippen LogP contribution in [0.2, 0.25) is 0 Å². The van der Waals surface area contributed by atoms with Gasteiger partial charge in [-0.3, -0.25) is 4.57 Å². The van der Waals surface area contributed by atoms with Gasteiger partial charge in [-0.2, -0.15) is 4.98 Å². The van der Waals surface area contributed by atoms with Crippen LogP contribution >= 0.6 is 0 Å². The smallest absolute Gasteiger partial charge is 0.355 e. The molecule has 0 bridgehead atoms. The van der Waals surface area contributed by atoms with Crippen LogP contribution in [0.25, 0.3) is 16.9 Å². The highest BCUT2D eigenvalue weighted by Gasteiger charge is 2.44. The summed E-state index contributed by atoms with van der Waals surface area (Å²) in [7, 11) is 0. The average molecular weight is 359 g/mol. The Hall–Kier alpha value is -2.79. The molecule has 26 heavy (non-hydrogen) atoms. The van der Waals surface area contributed by atoms with Gasteiger partial charge in [-0.05, 0) is 12.1 Å². The number of aliphatic hydroxyl groups excluding tert-OH is 3. The van der Waals surface area contributed by atoms with Gasteiger partial charge in [0.25, 0.3) is 0 Å². The predicted molar refractivity (Wildman–Crippen MR) is 90.5 cm³/mol. The zero-order valence-electron chi connectivity index (χ0n) is 13.5. The van der Waals surface area contributed by atoms with Crippen LogP contribution in [0.15, 0.2) is 41.5 Å². The topological polar surface area (TPSA) is 149 Å². The molecule has 1 unspecified atom stereocenters. The normalized spacial score (nSPS) is 25.8. The van der Waals surface area contributed by atoms with Crippen molar-refractivity contribution in [2.24, 2.45) is 0 Å². The fourth-order valence-corrected chi connectivity index (χ4v) is 3.12. The summed E-state index contributed by atoms with van der Waals surface area (Å²) in [6, 6.07) is 8.78. The molecule has 4 atom stereocenters. The quantitative estimate of drug-likeness (QED) is 0.454. The van der Waals surface area contributed by atoms with Crippen LogP contribution in [-0.4, -0.2) is 59.3 Å². The van der Waals surface area contributed by atoms with Gasteiger partial charge in [0.2, 0.25) is 0 Å². The van der Waals surface area contributed by atoms with E-state index < -0.39 is 36.8 Å². The molecule has 10 nitrogen and oxygen atoms in total. The molecule has 3 heterocycles. The Bertz CT molecular complexity index is 1000. The maximum absolute atomic E-state index is 12.5. The van der Waals surface area contributed by atoms with E-state index in [0.717, 1.165) is 0 Å². The number of benzene rings is 1. The van der Waals surface area contributed by atoms with Crippen molar-refractivity contribution < 1.29 is 20.1 Å². The molecular weight excluding hydrogens is 342 g/mol. The zero-order chi connectivity index (χ0) is 18.4. The lowest BCUT2D eigenvalue weighted by Crippen LogP contribution is -2.33. The lowest BCUT2D eigenvalue weighted by Gasteiger charge is -2.17. The first-order valence-corrected chi connectivity index (χ1v) is 7.96. The van der Waals surface area contributed by atoms with E-state index in [1.54, 1.807) is 24.3 Å². The van der Waals surface area contributed by atoms with Crippen LogP contribution in [0.1, 0.15) is 6.23 Å². The number of para-hydroxylation sites is 1. The van der Waals surface area contributed by atoms with Crippen LogP contribution < -0.4 is 11.4 Å². The molecule has 1 fully saturated rings. The largest absolute Gasteiger partial charge is 0.394 e. The number of nitrogen functional groups attached to an aromatic ring is 1. The van der Waals surface area contributed by atoms with E-state index in [1.165, 1.54) is 15.5 Å². The van der Waals surface area contributed by atoms with E-state index in [-0.39, 0.29) is 17.0 Å². The zero-order valence-corrected chi connectivity index (χ0v) is 13.5. The summed E-state index contributed by atoms with van der Waals surface area (Å²) in [6.07, 6.45) is -3.27. The molecule has 4 rings (SSSR count). The number of ether oxygens (including phenoxy) is 1. The van der Waals surface area contributed by atoms with Gasteiger partial charge < -0.3 is 25.8 Å². The summed E-state index contributed by atoms with van der Waals surface area (Å²) in [5.74, 6) is 0.0942. The predicted octanol–water partition coefficient (Wildman–Crippen LogP) is -1.22. The molecule has 0 aliphatic carbocycles. The van der Waals surface area contributed by atoms with Crippen molar-refractivity contribution in [2.45, 2.75) is 24.5 Å². The van der Waals surface area contributed by atoms with Gasteiger partial charge in [0, 0.05) is 0 Å². The number of nitrogens with zero attached hydrogens (tertiary/aromatic N) is 4. The molecule has 1 saturated heterocycles. The Balaban J connectivity index is 1.85. The Morgan fingerprint density at radius 1 is 1.19 bits per heavy atom. The van der Waals surface area contributed by atoms with Gasteiger partial charge in [0.1, 0.15) is 29.6 Å². The van der Waals surface area contributed by atoms with Crippen LogP contribution in [0.3, 0.4) is 0 Å². The molecule has 1 aromatic carbocycles. The van der Waals surface area contributed by atoms with E-state index >= 15 is 0 Å². The molecule has 0 spiro atoms. The maximum Gasteiger partial charge on any atom is 0.355 e. The van der Waals surface area contributed by atoms with Crippen LogP contribution in [0, 0.1) is 0 Å². The van der Waals surface area contributed by atoms with E-state index in [2.05, 4.69) is 9.97 Å². The van der Waals surface area contributed by atoms with Crippen molar-refractivity contribution in [2.75, 3.05) is 12.3 Å². The van der Waals surface area contributed by atoms with Gasteiger partial charge in [-0.25, -0.2) is 14.3 Å². The second kappa shape index (κ2) is 6.18. The fourth-order valence-electron chi connectivity index (χ4n) is 3.12. The second-order valence-electron chi connectivity index (χ2n) is 6.00. The minimum absolute atomic E-state index is 0.0942. The molecule has 0 amide bonds. The van der Waals surface area contributed by atoms with Crippen molar-refractivity contribution in [3.63, 3.8) is 0 Å². The molecule has 1 aliphatic rings. The van der Waals surface area contributed by atoms with E-state index in [0.29, 0.717) is 5.69 Å². The highest BCUT2D eigenvalue weighted by molar-refractivity contribution is 5.82. The monoisotopic (exact) mass is 359 g/mol. The summed E-state index contributed by atoms with van der Waals surface area (Å²) in [6.45, 7) is -0.461. The summed E-state index contributed by atoms with van der Waals surface area (Å²) in [5.41, 5.74) is 6.44. The number of hydrogen-bond donors (Lipinski definition) is 4. The third-order valence-corrected chi connectivity index (χ3v) is 4.45. The Labute approximate surface area is 146 Å². The summed E-state index contributed by atoms with van der Waals surface area (Å²) in [5, 5.41) is 29.3. The first-order chi connectivity index (χ1) is 12.5. The van der Waals surface area contributed by atoms with Crippen molar-refractivity contribution in [1.29, 1.82) is 0 Å². The Kier molecular flexibility index (Phi) is 3.96. The average Bonchev–Trinajstić information content (AvgIpc) is 3.18. The van der Waals surface area contributed by atoms with Gasteiger partial charge in [0.05, 0.1) is 18.6 Å². The number of anilines is 1. The molecular formula is C16H17N5O5. The number of aliphatic hydroxyl groups is 3. The first-order valence-electron chi connectivity index (χ1n) is 7.96. The standard InChI is InChI=1S/C16H17N5O5/c17-13-10-14(19-16(25)21(13)8-4-2-1-3-5-8)20(7-18-10)15-12(24)11(23)9(6-22)26-15/h1-5,7,9,11-12,15,22-24H,6,17H2/t9-,11-,12-,15?/m1/s1. The number of imidazole rings is 1. The maximum atomic E-state index is 12.5. The van der Waals surface area contributed by atoms with Crippen molar-refractivity contribution >= 4 is 17.0 Å². The van der Waals surface area contributed by atoms with Crippen LogP contribution in [0.4, 0.5) is 5.82 Å². The molecule has 0 radical (unpaired) electrons. The molecule has 1 aliphatic heterocycles. The molecule has 136 valence electrons. The van der Waals surface area contributed by atoms with E-state index in [1.807, 2.05) is 6.07 Å². The van der Waals surface area contributed by atoms with Crippen molar-refractivity contribution in [1.82, 2.24) is 19.1 Å². The van der Waals surface area contributed by atoms with E-state index in [4.69, 9.17) is 10.5 Å². The highest BCUT2D eigenvalue weighted by atomic mass is 16.6.